The molecule has 0 saturated heterocycles. The van der Waals surface area contributed by atoms with Crippen molar-refractivity contribution in [2.45, 2.75) is 32.4 Å². The highest BCUT2D eigenvalue weighted by molar-refractivity contribution is 6.30. The van der Waals surface area contributed by atoms with Crippen LogP contribution in [0.1, 0.15) is 32.4 Å². The SMILES string of the molecule is CC(C)(C)NC(=O)C(N)c1cccc(Cl)c1. The predicted molar refractivity (Wildman–Crippen MR) is 66.3 cm³/mol. The molecule has 0 aliphatic carbocycles. The molecule has 1 unspecified atom stereocenters. The lowest BCUT2D eigenvalue weighted by molar-refractivity contribution is -0.123. The number of amides is 1. The Hall–Kier alpha value is -1.06. The molecule has 4 heteroatoms. The van der Waals surface area contributed by atoms with E-state index in [0.717, 1.165) is 0 Å². The Morgan fingerprint density at radius 2 is 2.06 bits per heavy atom. The maximum Gasteiger partial charge on any atom is 0.241 e. The van der Waals surface area contributed by atoms with Gasteiger partial charge in [0.15, 0.2) is 0 Å². The molecule has 0 fully saturated rings. The van der Waals surface area contributed by atoms with Crippen LogP contribution in [0.4, 0.5) is 0 Å². The minimum atomic E-state index is -0.682. The van der Waals surface area contributed by atoms with Crippen molar-refractivity contribution in [3.63, 3.8) is 0 Å². The molecule has 1 aromatic carbocycles. The molecule has 0 bridgehead atoms. The molecule has 0 aromatic heterocycles. The lowest BCUT2D eigenvalue weighted by Gasteiger charge is -2.23. The first-order valence-electron chi connectivity index (χ1n) is 5.13. The van der Waals surface area contributed by atoms with Crippen molar-refractivity contribution in [1.29, 1.82) is 0 Å². The molecule has 0 spiro atoms. The van der Waals surface area contributed by atoms with Crippen LogP contribution in [-0.4, -0.2) is 11.4 Å². The van der Waals surface area contributed by atoms with Gasteiger partial charge in [0.05, 0.1) is 0 Å². The number of halogens is 1. The van der Waals surface area contributed by atoms with Crippen molar-refractivity contribution >= 4 is 17.5 Å². The Labute approximate surface area is 101 Å². The third-order valence-corrected chi connectivity index (χ3v) is 2.22. The molecule has 0 aliphatic heterocycles. The number of carbonyl (C=O) groups excluding carboxylic acids is 1. The van der Waals surface area contributed by atoms with E-state index in [4.69, 9.17) is 17.3 Å². The third kappa shape index (κ3) is 3.83. The van der Waals surface area contributed by atoms with E-state index in [-0.39, 0.29) is 11.4 Å². The molecule has 88 valence electrons. The molecule has 3 N–H and O–H groups in total. The number of nitrogens with two attached hydrogens (primary N) is 1. The van der Waals surface area contributed by atoms with E-state index in [1.165, 1.54) is 0 Å². The van der Waals surface area contributed by atoms with E-state index < -0.39 is 6.04 Å². The molecule has 3 nitrogen and oxygen atoms in total. The maximum absolute atomic E-state index is 11.8. The summed E-state index contributed by atoms with van der Waals surface area (Å²) in [6, 6.07) is 6.34. The summed E-state index contributed by atoms with van der Waals surface area (Å²) in [6.45, 7) is 5.74. The van der Waals surface area contributed by atoms with Gasteiger partial charge in [-0.2, -0.15) is 0 Å². The summed E-state index contributed by atoms with van der Waals surface area (Å²) in [5.41, 5.74) is 6.28. The number of hydrogen-bond donors (Lipinski definition) is 2. The van der Waals surface area contributed by atoms with Crippen molar-refractivity contribution in [1.82, 2.24) is 5.32 Å². The molecule has 0 heterocycles. The van der Waals surface area contributed by atoms with Gasteiger partial charge >= 0.3 is 0 Å². The van der Waals surface area contributed by atoms with E-state index in [0.29, 0.717) is 10.6 Å². The van der Waals surface area contributed by atoms with Crippen molar-refractivity contribution < 1.29 is 4.79 Å². The predicted octanol–water partition coefficient (Wildman–Crippen LogP) is 2.25. The lowest BCUT2D eigenvalue weighted by atomic mass is 10.0. The summed E-state index contributed by atoms with van der Waals surface area (Å²) in [5, 5.41) is 3.41. The van der Waals surface area contributed by atoms with Crippen LogP contribution in [-0.2, 0) is 4.79 Å². The monoisotopic (exact) mass is 240 g/mol. The highest BCUT2D eigenvalue weighted by Crippen LogP contribution is 2.16. The summed E-state index contributed by atoms with van der Waals surface area (Å²) in [6.07, 6.45) is 0. The van der Waals surface area contributed by atoms with Crippen molar-refractivity contribution in [2.24, 2.45) is 5.73 Å². The minimum Gasteiger partial charge on any atom is -0.350 e. The molecule has 16 heavy (non-hydrogen) atoms. The second-order valence-electron chi connectivity index (χ2n) is 4.77. The fourth-order valence-electron chi connectivity index (χ4n) is 1.30. The minimum absolute atomic E-state index is 0.199. The second kappa shape index (κ2) is 4.85. The van der Waals surface area contributed by atoms with Crippen LogP contribution in [0, 0.1) is 0 Å². The van der Waals surface area contributed by atoms with E-state index in [1.54, 1.807) is 24.3 Å². The summed E-state index contributed by atoms with van der Waals surface area (Å²) in [4.78, 5) is 11.8. The highest BCUT2D eigenvalue weighted by atomic mass is 35.5. The molecule has 1 amide bonds. The zero-order chi connectivity index (χ0) is 12.3. The summed E-state index contributed by atoms with van der Waals surface area (Å²) in [5.74, 6) is -0.199. The first-order valence-corrected chi connectivity index (χ1v) is 5.50. The summed E-state index contributed by atoms with van der Waals surface area (Å²) >= 11 is 5.84. The van der Waals surface area contributed by atoms with Gasteiger partial charge in [0.2, 0.25) is 5.91 Å². The maximum atomic E-state index is 11.8. The number of rotatable bonds is 2. The van der Waals surface area contributed by atoms with Crippen LogP contribution < -0.4 is 11.1 Å². The third-order valence-electron chi connectivity index (χ3n) is 1.99. The molecule has 0 saturated carbocycles. The second-order valence-corrected chi connectivity index (χ2v) is 5.21. The van der Waals surface area contributed by atoms with Gasteiger partial charge in [-0.3, -0.25) is 4.79 Å². The van der Waals surface area contributed by atoms with Crippen LogP contribution in [0.2, 0.25) is 5.02 Å². The fourth-order valence-corrected chi connectivity index (χ4v) is 1.50. The average Bonchev–Trinajstić information content (AvgIpc) is 2.14. The van der Waals surface area contributed by atoms with Gasteiger partial charge in [-0.05, 0) is 38.5 Å². The van der Waals surface area contributed by atoms with Gasteiger partial charge in [-0.1, -0.05) is 23.7 Å². The molecule has 0 radical (unpaired) electrons. The Morgan fingerprint density at radius 3 is 2.56 bits per heavy atom. The lowest BCUT2D eigenvalue weighted by Crippen LogP contribution is -2.45. The number of benzene rings is 1. The Balaban J connectivity index is 2.78. The standard InChI is InChI=1S/C12H17ClN2O/c1-12(2,3)15-11(16)10(14)8-5-4-6-9(13)7-8/h4-7,10H,14H2,1-3H3,(H,15,16). The Kier molecular flexibility index (Phi) is 3.94. The topological polar surface area (TPSA) is 55.1 Å². The van der Waals surface area contributed by atoms with Gasteiger partial charge in [0.25, 0.3) is 0 Å². The molecule has 1 rings (SSSR count). The molecule has 1 aromatic rings. The van der Waals surface area contributed by atoms with Crippen molar-refractivity contribution in [3.8, 4) is 0 Å². The van der Waals surface area contributed by atoms with Crippen LogP contribution in [0.15, 0.2) is 24.3 Å². The van der Waals surface area contributed by atoms with Gasteiger partial charge in [-0.25, -0.2) is 0 Å². The summed E-state index contributed by atoms with van der Waals surface area (Å²) in [7, 11) is 0. The van der Waals surface area contributed by atoms with Crippen LogP contribution in [0.25, 0.3) is 0 Å². The molecular formula is C12H17ClN2O. The average molecular weight is 241 g/mol. The number of carbonyl (C=O) groups is 1. The number of hydrogen-bond acceptors (Lipinski definition) is 2. The molecule has 0 aliphatic rings. The van der Waals surface area contributed by atoms with Crippen molar-refractivity contribution in [2.75, 3.05) is 0 Å². The van der Waals surface area contributed by atoms with Crippen LogP contribution in [0.3, 0.4) is 0 Å². The normalized spacial score (nSPS) is 13.3. The van der Waals surface area contributed by atoms with Gasteiger partial charge < -0.3 is 11.1 Å². The zero-order valence-corrected chi connectivity index (χ0v) is 10.5. The molecular weight excluding hydrogens is 224 g/mol. The first kappa shape index (κ1) is 13.0. The molecule has 1 atom stereocenters. The zero-order valence-electron chi connectivity index (χ0n) is 9.75. The van der Waals surface area contributed by atoms with E-state index in [9.17, 15) is 4.79 Å². The van der Waals surface area contributed by atoms with E-state index in [1.807, 2.05) is 20.8 Å². The fraction of sp³-hybridized carbons (Fsp3) is 0.417. The van der Waals surface area contributed by atoms with Crippen LogP contribution in [0.5, 0.6) is 0 Å². The van der Waals surface area contributed by atoms with Crippen molar-refractivity contribution in [3.05, 3.63) is 34.9 Å². The number of nitrogens with one attached hydrogen (secondary N) is 1. The van der Waals surface area contributed by atoms with E-state index in [2.05, 4.69) is 5.32 Å². The van der Waals surface area contributed by atoms with Gasteiger partial charge in [0.1, 0.15) is 6.04 Å². The largest absolute Gasteiger partial charge is 0.350 e. The van der Waals surface area contributed by atoms with Gasteiger partial charge in [0, 0.05) is 10.6 Å². The Bertz CT molecular complexity index is 385. The van der Waals surface area contributed by atoms with Crippen LogP contribution >= 0.6 is 11.6 Å². The highest BCUT2D eigenvalue weighted by Gasteiger charge is 2.20. The van der Waals surface area contributed by atoms with E-state index >= 15 is 0 Å². The quantitative estimate of drug-likeness (QED) is 0.833. The Morgan fingerprint density at radius 1 is 1.44 bits per heavy atom. The van der Waals surface area contributed by atoms with Gasteiger partial charge in [-0.15, -0.1) is 0 Å². The smallest absolute Gasteiger partial charge is 0.241 e. The summed E-state index contributed by atoms with van der Waals surface area (Å²) < 4.78 is 0. The first-order chi connectivity index (χ1) is 7.29.